The summed E-state index contributed by atoms with van der Waals surface area (Å²) in [6.45, 7) is 11.0. The number of nitrogens with zero attached hydrogens (tertiary/aromatic N) is 1. The zero-order chi connectivity index (χ0) is 32.8. The Balaban J connectivity index is 1.95. The third-order valence-electron chi connectivity index (χ3n) is 8.39. The van der Waals surface area contributed by atoms with Gasteiger partial charge >= 0.3 is 5.97 Å². The van der Waals surface area contributed by atoms with Crippen molar-refractivity contribution in [3.63, 3.8) is 0 Å². The maximum atomic E-state index is 13.4. The first-order valence-electron chi connectivity index (χ1n) is 15.8. The Morgan fingerprint density at radius 3 is 2.23 bits per heavy atom. The molecule has 12 nitrogen and oxygen atoms in total. The largest absolute Gasteiger partial charge is 0.481 e. The van der Waals surface area contributed by atoms with E-state index in [1.54, 1.807) is 0 Å². The number of carbonyl (C=O) groups is 5. The van der Waals surface area contributed by atoms with Crippen molar-refractivity contribution in [2.24, 2.45) is 11.7 Å². The molecule has 1 fully saturated rings. The van der Waals surface area contributed by atoms with E-state index in [4.69, 9.17) is 10.8 Å². The predicted molar refractivity (Wildman–Crippen MR) is 168 cm³/mol. The number of nitrogens with two attached hydrogens (primary N) is 1. The van der Waals surface area contributed by atoms with Crippen molar-refractivity contribution in [1.29, 1.82) is 0 Å². The van der Waals surface area contributed by atoms with Crippen molar-refractivity contribution in [2.45, 2.75) is 123 Å². The van der Waals surface area contributed by atoms with E-state index in [0.29, 0.717) is 45.3 Å². The van der Waals surface area contributed by atoms with Gasteiger partial charge in [0.1, 0.15) is 12.1 Å². The summed E-state index contributed by atoms with van der Waals surface area (Å²) in [6, 6.07) is 5.65. The van der Waals surface area contributed by atoms with Gasteiger partial charge in [0.05, 0.1) is 6.04 Å². The van der Waals surface area contributed by atoms with E-state index >= 15 is 0 Å². The molecule has 12 heteroatoms. The quantitative estimate of drug-likeness (QED) is 0.144. The summed E-state index contributed by atoms with van der Waals surface area (Å²) < 4.78 is 0. The number of amides is 4. The van der Waals surface area contributed by atoms with Crippen LogP contribution in [0.15, 0.2) is 24.3 Å². The standard InChI is InChI=1S/C32H52N6O6/c1-6-9-26(36-32(44)29(20(3)7-2)37-27(39)10-8-11-28(40)41)31(43)35-25-16-21(4)38(19-25)22(5)30(42)34-18-24-14-12-23(17-33)13-15-24/h12-15,20-22,25-26,29H,6-11,16-19,33H2,1-5H3,(H,34,42)(H,35,43)(H,36,44)(H,37,39)(H,40,41)/t20-,21?,22-,25-,26-,29-/m0/s1. The molecule has 0 saturated carbocycles. The van der Waals surface area contributed by atoms with Crippen LogP contribution >= 0.6 is 0 Å². The van der Waals surface area contributed by atoms with Crippen molar-refractivity contribution < 1.29 is 29.1 Å². The van der Waals surface area contributed by atoms with E-state index in [1.807, 2.05) is 58.9 Å². The Labute approximate surface area is 261 Å². The summed E-state index contributed by atoms with van der Waals surface area (Å²) in [5.41, 5.74) is 7.67. The first-order valence-corrected chi connectivity index (χ1v) is 15.8. The van der Waals surface area contributed by atoms with Crippen LogP contribution < -0.4 is 27.0 Å². The molecule has 1 aromatic rings. The smallest absolute Gasteiger partial charge is 0.303 e. The number of carboxylic acid groups (broad SMARTS) is 1. The zero-order valence-corrected chi connectivity index (χ0v) is 26.9. The van der Waals surface area contributed by atoms with Crippen molar-refractivity contribution in [3.8, 4) is 0 Å². The maximum absolute atomic E-state index is 13.4. The van der Waals surface area contributed by atoms with Crippen molar-refractivity contribution in [3.05, 3.63) is 35.4 Å². The van der Waals surface area contributed by atoms with Gasteiger partial charge in [-0.2, -0.15) is 0 Å². The van der Waals surface area contributed by atoms with Crippen LogP contribution in [0, 0.1) is 5.92 Å². The number of rotatable bonds is 18. The van der Waals surface area contributed by atoms with Crippen LogP contribution in [0.5, 0.6) is 0 Å². The second-order valence-corrected chi connectivity index (χ2v) is 11.9. The summed E-state index contributed by atoms with van der Waals surface area (Å²) in [5.74, 6) is -2.40. The van der Waals surface area contributed by atoms with Crippen molar-refractivity contribution >= 4 is 29.6 Å². The van der Waals surface area contributed by atoms with E-state index in [-0.39, 0.29) is 49.1 Å². The molecule has 1 aliphatic rings. The van der Waals surface area contributed by atoms with Gasteiger partial charge in [0.25, 0.3) is 0 Å². The van der Waals surface area contributed by atoms with Gasteiger partial charge in [0.2, 0.25) is 23.6 Å². The van der Waals surface area contributed by atoms with Crippen LogP contribution in [-0.4, -0.2) is 76.4 Å². The molecule has 7 N–H and O–H groups in total. The highest BCUT2D eigenvalue weighted by Gasteiger charge is 2.37. The lowest BCUT2D eigenvalue weighted by atomic mass is 9.97. The number of aliphatic carboxylic acids is 1. The molecular weight excluding hydrogens is 564 g/mol. The molecule has 0 radical (unpaired) electrons. The minimum atomic E-state index is -0.982. The molecule has 246 valence electrons. The highest BCUT2D eigenvalue weighted by molar-refractivity contribution is 5.92. The van der Waals surface area contributed by atoms with Gasteiger partial charge in [-0.05, 0) is 50.2 Å². The number of carbonyl (C=O) groups excluding carboxylic acids is 4. The Morgan fingerprint density at radius 1 is 0.977 bits per heavy atom. The van der Waals surface area contributed by atoms with Crippen molar-refractivity contribution in [2.75, 3.05) is 6.54 Å². The molecule has 1 aromatic carbocycles. The van der Waals surface area contributed by atoms with E-state index in [0.717, 1.165) is 11.1 Å². The molecule has 0 aliphatic carbocycles. The average molecular weight is 617 g/mol. The first kappa shape index (κ1) is 36.7. The molecular formula is C32H52N6O6. The van der Waals surface area contributed by atoms with Gasteiger partial charge in [-0.1, -0.05) is 57.9 Å². The van der Waals surface area contributed by atoms with E-state index in [9.17, 15) is 24.0 Å². The van der Waals surface area contributed by atoms with Gasteiger partial charge in [-0.25, -0.2) is 0 Å². The molecule has 4 amide bonds. The summed E-state index contributed by atoms with van der Waals surface area (Å²) >= 11 is 0. The fourth-order valence-electron chi connectivity index (χ4n) is 5.45. The predicted octanol–water partition coefficient (Wildman–Crippen LogP) is 1.80. The number of hydrogen-bond acceptors (Lipinski definition) is 7. The fraction of sp³-hybridized carbons (Fsp3) is 0.656. The fourth-order valence-corrected chi connectivity index (χ4v) is 5.45. The molecule has 2 rings (SSSR count). The average Bonchev–Trinajstić information content (AvgIpc) is 3.36. The number of hydrogen-bond donors (Lipinski definition) is 6. The lowest BCUT2D eigenvalue weighted by Gasteiger charge is -2.28. The molecule has 0 spiro atoms. The van der Waals surface area contributed by atoms with Crippen LogP contribution in [0.3, 0.4) is 0 Å². The van der Waals surface area contributed by atoms with E-state index in [2.05, 4.69) is 26.2 Å². The molecule has 1 aliphatic heterocycles. The maximum Gasteiger partial charge on any atom is 0.303 e. The number of carboxylic acids is 1. The monoisotopic (exact) mass is 616 g/mol. The van der Waals surface area contributed by atoms with Crippen LogP contribution in [0.2, 0.25) is 0 Å². The topological polar surface area (TPSA) is 183 Å². The summed E-state index contributed by atoms with van der Waals surface area (Å²) in [4.78, 5) is 64.9. The number of nitrogens with one attached hydrogen (secondary N) is 4. The molecule has 0 aromatic heterocycles. The summed E-state index contributed by atoms with van der Waals surface area (Å²) in [6.07, 6.45) is 2.43. The molecule has 6 atom stereocenters. The molecule has 1 unspecified atom stereocenters. The molecule has 0 bridgehead atoms. The van der Waals surface area contributed by atoms with Gasteiger partial charge in [-0.15, -0.1) is 0 Å². The van der Waals surface area contributed by atoms with Crippen LogP contribution in [0.1, 0.15) is 90.7 Å². The lowest BCUT2D eigenvalue weighted by Crippen LogP contribution is -2.56. The van der Waals surface area contributed by atoms with Gasteiger partial charge < -0.3 is 32.1 Å². The highest BCUT2D eigenvalue weighted by Crippen LogP contribution is 2.21. The minimum absolute atomic E-state index is 0.0000869. The molecule has 44 heavy (non-hydrogen) atoms. The Hall–Kier alpha value is -3.51. The van der Waals surface area contributed by atoms with E-state index < -0.39 is 35.9 Å². The summed E-state index contributed by atoms with van der Waals surface area (Å²) in [5, 5.41) is 20.5. The minimum Gasteiger partial charge on any atom is -0.481 e. The number of benzene rings is 1. The Kier molecular flexibility index (Phi) is 15.3. The van der Waals surface area contributed by atoms with Gasteiger partial charge in [0.15, 0.2) is 0 Å². The van der Waals surface area contributed by atoms with Crippen LogP contribution in [0.4, 0.5) is 0 Å². The molecule has 1 heterocycles. The molecule has 1 saturated heterocycles. The van der Waals surface area contributed by atoms with Gasteiger partial charge in [-0.3, -0.25) is 28.9 Å². The highest BCUT2D eigenvalue weighted by atomic mass is 16.4. The van der Waals surface area contributed by atoms with Crippen molar-refractivity contribution in [1.82, 2.24) is 26.2 Å². The van der Waals surface area contributed by atoms with Gasteiger partial charge in [0, 0.05) is 44.6 Å². The zero-order valence-electron chi connectivity index (χ0n) is 26.9. The first-order chi connectivity index (χ1) is 20.9. The SMILES string of the molecule is CCC[C@H](NC(=O)[C@@H](NC(=O)CCCC(=O)O)[C@@H](C)CC)C(=O)N[C@H]1CC(C)N([C@@H](C)C(=O)NCc2ccc(CN)cc2)C1. The second-order valence-electron chi connectivity index (χ2n) is 11.9. The van der Waals surface area contributed by atoms with Crippen LogP contribution in [0.25, 0.3) is 0 Å². The van der Waals surface area contributed by atoms with E-state index in [1.165, 1.54) is 0 Å². The van der Waals surface area contributed by atoms with Crippen LogP contribution in [-0.2, 0) is 37.1 Å². The third-order valence-corrected chi connectivity index (χ3v) is 8.39. The second kappa shape index (κ2) is 18.3. The summed E-state index contributed by atoms with van der Waals surface area (Å²) in [7, 11) is 0. The Morgan fingerprint density at radius 2 is 1.64 bits per heavy atom. The third kappa shape index (κ3) is 11.5. The lowest BCUT2D eigenvalue weighted by molar-refractivity contribution is -0.137. The Bertz CT molecular complexity index is 1110. The number of likely N-dealkylation sites (tertiary alicyclic amines) is 1. The normalized spacial score (nSPS) is 19.3.